The number of amides is 1. The van der Waals surface area contributed by atoms with Crippen molar-refractivity contribution in [1.29, 1.82) is 0 Å². The van der Waals surface area contributed by atoms with Crippen molar-refractivity contribution >= 4 is 39.9 Å². The number of thiazole rings is 1. The molecule has 1 aliphatic rings. The summed E-state index contributed by atoms with van der Waals surface area (Å²) in [6, 6.07) is 13.0. The third kappa shape index (κ3) is 4.30. The highest BCUT2D eigenvalue weighted by atomic mass is 32.1. The van der Waals surface area contributed by atoms with E-state index in [1.807, 2.05) is 19.9 Å². The van der Waals surface area contributed by atoms with E-state index in [2.05, 4.69) is 4.98 Å². The first kappa shape index (κ1) is 24.2. The van der Waals surface area contributed by atoms with Gasteiger partial charge >= 0.3 is 11.9 Å². The predicted molar refractivity (Wildman–Crippen MR) is 132 cm³/mol. The second-order valence-electron chi connectivity index (χ2n) is 7.90. The van der Waals surface area contributed by atoms with Crippen molar-refractivity contribution in [2.24, 2.45) is 0 Å². The van der Waals surface area contributed by atoms with Gasteiger partial charge in [0.2, 0.25) is 0 Å². The van der Waals surface area contributed by atoms with E-state index in [9.17, 15) is 19.5 Å². The lowest BCUT2D eigenvalue weighted by atomic mass is 9.95. The first-order valence-electron chi connectivity index (χ1n) is 10.9. The summed E-state index contributed by atoms with van der Waals surface area (Å²) < 4.78 is 10.4. The molecule has 8 nitrogen and oxygen atoms in total. The maximum absolute atomic E-state index is 13.3. The van der Waals surface area contributed by atoms with Crippen LogP contribution in [0, 0.1) is 13.8 Å². The Balaban J connectivity index is 1.90. The van der Waals surface area contributed by atoms with Crippen LogP contribution < -0.4 is 9.64 Å². The third-order valence-corrected chi connectivity index (χ3v) is 6.81. The Morgan fingerprint density at radius 2 is 1.86 bits per heavy atom. The van der Waals surface area contributed by atoms with E-state index < -0.39 is 23.7 Å². The van der Waals surface area contributed by atoms with Crippen LogP contribution in [0.25, 0.3) is 5.76 Å². The minimum absolute atomic E-state index is 0.0581. The molecule has 0 bridgehead atoms. The lowest BCUT2D eigenvalue weighted by Gasteiger charge is -2.23. The van der Waals surface area contributed by atoms with Crippen molar-refractivity contribution in [3.8, 4) is 5.75 Å². The van der Waals surface area contributed by atoms with E-state index in [-0.39, 0.29) is 21.3 Å². The Morgan fingerprint density at radius 3 is 2.49 bits per heavy atom. The van der Waals surface area contributed by atoms with Crippen LogP contribution in [0.4, 0.5) is 5.13 Å². The highest BCUT2D eigenvalue weighted by molar-refractivity contribution is 7.17. The number of aliphatic hydroxyl groups is 1. The number of benzene rings is 2. The van der Waals surface area contributed by atoms with Gasteiger partial charge in [0.15, 0.2) is 5.13 Å². The Bertz CT molecular complexity index is 1350. The Kier molecular flexibility index (Phi) is 6.70. The Hall–Kier alpha value is -3.98. The van der Waals surface area contributed by atoms with Crippen molar-refractivity contribution in [1.82, 2.24) is 4.98 Å². The summed E-state index contributed by atoms with van der Waals surface area (Å²) in [5.41, 5.74) is 2.10. The van der Waals surface area contributed by atoms with Crippen LogP contribution in [0.5, 0.6) is 5.75 Å². The van der Waals surface area contributed by atoms with Crippen molar-refractivity contribution in [3.63, 3.8) is 0 Å². The average molecular weight is 493 g/mol. The maximum Gasteiger partial charge on any atom is 0.350 e. The number of rotatable bonds is 6. The monoisotopic (exact) mass is 492 g/mol. The molecule has 1 atom stereocenters. The van der Waals surface area contributed by atoms with Gasteiger partial charge in [0, 0.05) is 5.56 Å². The topological polar surface area (TPSA) is 106 Å². The Morgan fingerprint density at radius 1 is 1.14 bits per heavy atom. The van der Waals surface area contributed by atoms with E-state index in [1.165, 1.54) is 12.0 Å². The number of aromatic nitrogens is 1. The summed E-state index contributed by atoms with van der Waals surface area (Å²) in [5.74, 6) is -1.89. The molecule has 0 radical (unpaired) electrons. The van der Waals surface area contributed by atoms with Gasteiger partial charge in [0.1, 0.15) is 16.4 Å². The molecule has 2 heterocycles. The molecule has 4 rings (SSSR count). The predicted octanol–water partition coefficient (Wildman–Crippen LogP) is 4.57. The molecule has 9 heteroatoms. The lowest BCUT2D eigenvalue weighted by molar-refractivity contribution is -0.132. The second-order valence-corrected chi connectivity index (χ2v) is 8.87. The molecule has 0 spiro atoms. The molecule has 180 valence electrons. The molecule has 1 unspecified atom stereocenters. The van der Waals surface area contributed by atoms with Crippen LogP contribution in [0.2, 0.25) is 0 Å². The highest BCUT2D eigenvalue weighted by Gasteiger charge is 2.48. The average Bonchev–Trinajstić information content (AvgIpc) is 3.36. The number of aliphatic hydroxyl groups excluding tert-OH is 1. The fraction of sp³-hybridized carbons (Fsp3) is 0.231. The smallest absolute Gasteiger partial charge is 0.350 e. The molecule has 1 aliphatic heterocycles. The van der Waals surface area contributed by atoms with E-state index in [1.54, 1.807) is 49.4 Å². The van der Waals surface area contributed by atoms with Crippen molar-refractivity contribution in [3.05, 3.63) is 81.4 Å². The lowest BCUT2D eigenvalue weighted by Crippen LogP contribution is -2.29. The molecule has 0 aliphatic carbocycles. The van der Waals surface area contributed by atoms with Gasteiger partial charge in [-0.25, -0.2) is 9.78 Å². The number of carbonyl (C=O) groups excluding carboxylic acids is 3. The number of nitrogens with zero attached hydrogens (tertiary/aromatic N) is 2. The molecular weight excluding hydrogens is 468 g/mol. The standard InChI is InChI=1S/C26H24N2O6S/c1-5-34-18-12-11-17(13-14(18)2)21(29)19-20(16-9-7-6-8-10-16)28(24(31)22(19)30)26-27-15(3)23(35-26)25(32)33-4/h6-13,20,29H,5H2,1-4H3/b21-19+. The second kappa shape index (κ2) is 9.71. The normalized spacial score (nSPS) is 17.0. The maximum atomic E-state index is 13.3. The molecule has 0 saturated carbocycles. The van der Waals surface area contributed by atoms with Crippen LogP contribution in [0.1, 0.15) is 45.0 Å². The number of carbonyl (C=O) groups is 3. The summed E-state index contributed by atoms with van der Waals surface area (Å²) in [5, 5.41) is 11.5. The van der Waals surface area contributed by atoms with E-state index >= 15 is 0 Å². The number of ketones is 1. The Labute approximate surface area is 206 Å². The van der Waals surface area contributed by atoms with Gasteiger partial charge in [-0.15, -0.1) is 0 Å². The quantitative estimate of drug-likeness (QED) is 0.232. The molecule has 1 fully saturated rings. The fourth-order valence-electron chi connectivity index (χ4n) is 4.02. The van der Waals surface area contributed by atoms with E-state index in [4.69, 9.17) is 9.47 Å². The zero-order chi connectivity index (χ0) is 25.3. The van der Waals surface area contributed by atoms with Crippen LogP contribution >= 0.6 is 11.3 Å². The van der Waals surface area contributed by atoms with Crippen molar-refractivity contribution < 1.29 is 29.0 Å². The summed E-state index contributed by atoms with van der Waals surface area (Å²) in [6.07, 6.45) is 0. The van der Waals surface area contributed by atoms with Crippen LogP contribution in [-0.4, -0.2) is 41.5 Å². The van der Waals surface area contributed by atoms with Gasteiger partial charge in [-0.2, -0.15) is 0 Å². The summed E-state index contributed by atoms with van der Waals surface area (Å²) >= 11 is 0.960. The molecule has 35 heavy (non-hydrogen) atoms. The number of hydrogen-bond donors (Lipinski definition) is 1. The summed E-state index contributed by atoms with van der Waals surface area (Å²) in [7, 11) is 1.26. The minimum atomic E-state index is -0.931. The fourth-order valence-corrected chi connectivity index (χ4v) is 5.03. The number of anilines is 1. The number of esters is 1. The first-order chi connectivity index (χ1) is 16.8. The van der Waals surface area contributed by atoms with E-state index in [0.717, 1.165) is 16.9 Å². The van der Waals surface area contributed by atoms with Crippen molar-refractivity contribution in [2.45, 2.75) is 26.8 Å². The molecule has 3 aromatic rings. The van der Waals surface area contributed by atoms with Crippen LogP contribution in [-0.2, 0) is 14.3 Å². The minimum Gasteiger partial charge on any atom is -0.507 e. The van der Waals surface area contributed by atoms with Crippen LogP contribution in [0.3, 0.4) is 0 Å². The number of hydrogen-bond acceptors (Lipinski definition) is 8. The van der Waals surface area contributed by atoms with Gasteiger partial charge in [-0.05, 0) is 50.1 Å². The number of Topliss-reactive ketones (excluding diaryl/α,β-unsaturated/α-hetero) is 1. The first-order valence-corrected chi connectivity index (χ1v) is 11.8. The van der Waals surface area contributed by atoms with Crippen molar-refractivity contribution in [2.75, 3.05) is 18.6 Å². The number of aryl methyl sites for hydroxylation is 2. The SMILES string of the molecule is CCOc1ccc(/C(O)=C2\C(=O)C(=O)N(c3nc(C)c(C(=O)OC)s3)C2c2ccccc2)cc1C. The van der Waals surface area contributed by atoms with Gasteiger partial charge in [0.05, 0.1) is 31.0 Å². The third-order valence-electron chi connectivity index (χ3n) is 5.67. The molecular formula is C26H24N2O6S. The van der Waals surface area contributed by atoms with E-state index in [0.29, 0.717) is 29.2 Å². The number of ether oxygens (including phenoxy) is 2. The molecule has 2 aromatic carbocycles. The molecule has 1 aromatic heterocycles. The summed E-state index contributed by atoms with van der Waals surface area (Å²) in [6.45, 7) is 5.83. The summed E-state index contributed by atoms with van der Waals surface area (Å²) in [4.78, 5) is 44.5. The molecule has 1 N–H and O–H groups in total. The number of methoxy groups -OCH3 is 1. The van der Waals surface area contributed by atoms with Gasteiger partial charge in [-0.1, -0.05) is 41.7 Å². The molecule has 1 amide bonds. The van der Waals surface area contributed by atoms with Gasteiger partial charge in [0.25, 0.3) is 5.78 Å². The van der Waals surface area contributed by atoms with Gasteiger partial charge in [-0.3, -0.25) is 14.5 Å². The zero-order valence-electron chi connectivity index (χ0n) is 19.7. The van der Waals surface area contributed by atoms with Gasteiger partial charge < -0.3 is 14.6 Å². The molecule has 1 saturated heterocycles. The largest absolute Gasteiger partial charge is 0.507 e. The van der Waals surface area contributed by atoms with Crippen LogP contribution in [0.15, 0.2) is 54.1 Å². The highest BCUT2D eigenvalue weighted by Crippen LogP contribution is 2.44. The zero-order valence-corrected chi connectivity index (χ0v) is 20.5.